The Hall–Kier alpha value is -1.22. The van der Waals surface area contributed by atoms with Gasteiger partial charge in [-0.1, -0.05) is 35.3 Å². The van der Waals surface area contributed by atoms with Gasteiger partial charge in [0.2, 0.25) is 5.91 Å². The lowest BCUT2D eigenvalue weighted by molar-refractivity contribution is -0.116. The highest BCUT2D eigenvalue weighted by molar-refractivity contribution is 6.35. The summed E-state index contributed by atoms with van der Waals surface area (Å²) in [5.41, 5.74) is 3.81. The van der Waals surface area contributed by atoms with Gasteiger partial charge >= 0.3 is 0 Å². The molecule has 0 aliphatic rings. The van der Waals surface area contributed by atoms with Crippen molar-refractivity contribution in [3.8, 4) is 0 Å². The maximum atomic E-state index is 12.2. The number of rotatable bonds is 4. The van der Waals surface area contributed by atoms with Crippen LogP contribution in [0.5, 0.6) is 0 Å². The van der Waals surface area contributed by atoms with Crippen LogP contribution in [0.3, 0.4) is 0 Å². The number of hydrogen-bond acceptors (Lipinski definition) is 1. The number of alkyl halides is 1. The summed E-state index contributed by atoms with van der Waals surface area (Å²) in [6, 6.07) is 11.2. The quantitative estimate of drug-likeness (QED) is 0.673. The average molecular weight is 357 g/mol. The minimum absolute atomic E-state index is 0.0851. The molecule has 0 aliphatic carbocycles. The van der Waals surface area contributed by atoms with Crippen LogP contribution in [0.25, 0.3) is 0 Å². The van der Waals surface area contributed by atoms with Crippen molar-refractivity contribution in [2.75, 3.05) is 10.8 Å². The van der Waals surface area contributed by atoms with Gasteiger partial charge in [0.15, 0.2) is 0 Å². The average Bonchev–Trinajstić information content (AvgIpc) is 2.44. The number of carbonyl (C=O) groups excluding carboxylic acids is 1. The van der Waals surface area contributed by atoms with Crippen LogP contribution in [0.1, 0.15) is 16.7 Å². The molecule has 22 heavy (non-hydrogen) atoms. The monoisotopic (exact) mass is 355 g/mol. The molecule has 0 atom stereocenters. The molecular weight excluding hydrogens is 341 g/mol. The Bertz CT molecular complexity index is 680. The van der Waals surface area contributed by atoms with Gasteiger partial charge < -0.3 is 4.90 Å². The first kappa shape index (κ1) is 17.1. The molecule has 0 saturated carbocycles. The highest BCUT2D eigenvalue weighted by Gasteiger charge is 2.17. The van der Waals surface area contributed by atoms with E-state index in [0.29, 0.717) is 16.6 Å². The first-order chi connectivity index (χ1) is 10.4. The molecule has 1 amide bonds. The molecule has 0 radical (unpaired) electrons. The lowest BCUT2D eigenvalue weighted by Gasteiger charge is -2.23. The van der Waals surface area contributed by atoms with Crippen LogP contribution in [0.15, 0.2) is 36.4 Å². The number of anilines is 1. The number of halogens is 3. The fourth-order valence-electron chi connectivity index (χ4n) is 2.32. The van der Waals surface area contributed by atoms with Crippen molar-refractivity contribution in [2.45, 2.75) is 20.4 Å². The van der Waals surface area contributed by atoms with Crippen LogP contribution in [0.2, 0.25) is 10.0 Å². The fourth-order valence-corrected chi connectivity index (χ4v) is 2.93. The Kier molecular flexibility index (Phi) is 5.74. The predicted molar refractivity (Wildman–Crippen MR) is 94.3 cm³/mol. The zero-order valence-corrected chi connectivity index (χ0v) is 14.6. The summed E-state index contributed by atoms with van der Waals surface area (Å²) in [6.07, 6.45) is 0. The summed E-state index contributed by atoms with van der Waals surface area (Å²) >= 11 is 17.9. The summed E-state index contributed by atoms with van der Waals surface area (Å²) in [5, 5.41) is 1.10. The van der Waals surface area contributed by atoms with E-state index < -0.39 is 0 Å². The van der Waals surface area contributed by atoms with Crippen LogP contribution in [-0.2, 0) is 11.3 Å². The molecule has 2 aromatic carbocycles. The van der Waals surface area contributed by atoms with Crippen molar-refractivity contribution >= 4 is 46.4 Å². The Morgan fingerprint density at radius 2 is 1.68 bits per heavy atom. The van der Waals surface area contributed by atoms with Crippen LogP contribution in [0.4, 0.5) is 5.69 Å². The maximum absolute atomic E-state index is 12.2. The number of hydrogen-bond donors (Lipinski definition) is 0. The summed E-state index contributed by atoms with van der Waals surface area (Å²) in [4.78, 5) is 13.9. The summed E-state index contributed by atoms with van der Waals surface area (Å²) in [7, 11) is 0. The molecule has 0 aliphatic heterocycles. The fraction of sp³-hybridized carbons (Fsp3) is 0.235. The van der Waals surface area contributed by atoms with E-state index in [1.165, 1.54) is 0 Å². The van der Waals surface area contributed by atoms with Gasteiger partial charge in [-0.3, -0.25) is 4.79 Å². The Morgan fingerprint density at radius 3 is 2.23 bits per heavy atom. The predicted octanol–water partition coefficient (Wildman–Crippen LogP) is 5.38. The van der Waals surface area contributed by atoms with Crippen molar-refractivity contribution < 1.29 is 4.79 Å². The van der Waals surface area contributed by atoms with Crippen LogP contribution in [0, 0.1) is 13.8 Å². The zero-order chi connectivity index (χ0) is 16.3. The number of carbonyl (C=O) groups is 1. The van der Waals surface area contributed by atoms with Gasteiger partial charge in [0.05, 0.1) is 6.54 Å². The minimum atomic E-state index is -0.169. The normalized spacial score (nSPS) is 10.6. The molecule has 2 rings (SSSR count). The number of benzene rings is 2. The molecule has 0 spiro atoms. The molecule has 0 aromatic heterocycles. The van der Waals surface area contributed by atoms with E-state index in [1.807, 2.05) is 32.0 Å². The standard InChI is InChI=1S/C17H16Cl3NO/c1-11-5-12(2)7-15(6-11)21(17(22)9-18)10-13-3-4-14(19)8-16(13)20/h3-8H,9-10H2,1-2H3. The first-order valence-electron chi connectivity index (χ1n) is 6.79. The molecule has 0 unspecified atom stereocenters. The first-order valence-corrected chi connectivity index (χ1v) is 8.08. The molecular formula is C17H16Cl3NO. The number of aryl methyl sites for hydroxylation is 2. The third-order valence-electron chi connectivity index (χ3n) is 3.28. The van der Waals surface area contributed by atoms with Gasteiger partial charge in [-0.15, -0.1) is 11.6 Å². The second-order valence-corrected chi connectivity index (χ2v) is 6.31. The minimum Gasteiger partial charge on any atom is -0.307 e. The molecule has 0 N–H and O–H groups in total. The third-order valence-corrected chi connectivity index (χ3v) is 4.09. The highest BCUT2D eigenvalue weighted by Crippen LogP contribution is 2.26. The summed E-state index contributed by atoms with van der Waals surface area (Å²) in [5.74, 6) is -0.254. The second kappa shape index (κ2) is 7.36. The molecule has 2 nitrogen and oxygen atoms in total. The van der Waals surface area contributed by atoms with E-state index in [0.717, 1.165) is 22.4 Å². The number of amides is 1. The SMILES string of the molecule is Cc1cc(C)cc(N(Cc2ccc(Cl)cc2Cl)C(=O)CCl)c1. The Labute approximate surface area is 145 Å². The van der Waals surface area contributed by atoms with Crippen LogP contribution >= 0.6 is 34.8 Å². The van der Waals surface area contributed by atoms with Crippen molar-refractivity contribution in [1.82, 2.24) is 0 Å². The van der Waals surface area contributed by atoms with Gasteiger partial charge in [0.1, 0.15) is 5.88 Å². The third kappa shape index (κ3) is 4.16. The van der Waals surface area contributed by atoms with E-state index in [-0.39, 0.29) is 11.8 Å². The Balaban J connectivity index is 2.40. The van der Waals surface area contributed by atoms with Crippen molar-refractivity contribution in [1.29, 1.82) is 0 Å². The van der Waals surface area contributed by atoms with Crippen LogP contribution < -0.4 is 4.90 Å². The van der Waals surface area contributed by atoms with Crippen molar-refractivity contribution in [3.05, 3.63) is 63.1 Å². The van der Waals surface area contributed by atoms with Crippen molar-refractivity contribution in [3.63, 3.8) is 0 Å². The molecule has 0 fully saturated rings. The van der Waals surface area contributed by atoms with E-state index in [4.69, 9.17) is 34.8 Å². The Morgan fingerprint density at radius 1 is 1.05 bits per heavy atom. The van der Waals surface area contributed by atoms with Gasteiger partial charge in [-0.25, -0.2) is 0 Å². The number of nitrogens with zero attached hydrogens (tertiary/aromatic N) is 1. The van der Waals surface area contributed by atoms with Gasteiger partial charge in [-0.2, -0.15) is 0 Å². The lowest BCUT2D eigenvalue weighted by Crippen LogP contribution is -2.31. The second-order valence-electron chi connectivity index (χ2n) is 5.20. The molecule has 5 heteroatoms. The molecule has 0 heterocycles. The summed E-state index contributed by atoms with van der Waals surface area (Å²) < 4.78 is 0. The van der Waals surface area contributed by atoms with Gasteiger partial charge in [-0.05, 0) is 54.8 Å². The van der Waals surface area contributed by atoms with E-state index in [1.54, 1.807) is 17.0 Å². The van der Waals surface area contributed by atoms with Crippen molar-refractivity contribution in [2.24, 2.45) is 0 Å². The lowest BCUT2D eigenvalue weighted by atomic mass is 10.1. The summed E-state index contributed by atoms with van der Waals surface area (Å²) in [6.45, 7) is 4.34. The highest BCUT2D eigenvalue weighted by atomic mass is 35.5. The van der Waals surface area contributed by atoms with Crippen LogP contribution in [-0.4, -0.2) is 11.8 Å². The smallest absolute Gasteiger partial charge is 0.242 e. The molecule has 0 bridgehead atoms. The molecule has 2 aromatic rings. The molecule has 116 valence electrons. The zero-order valence-electron chi connectivity index (χ0n) is 12.4. The van der Waals surface area contributed by atoms with Gasteiger partial charge in [0.25, 0.3) is 0 Å². The maximum Gasteiger partial charge on any atom is 0.242 e. The van der Waals surface area contributed by atoms with E-state index >= 15 is 0 Å². The molecule has 0 saturated heterocycles. The largest absolute Gasteiger partial charge is 0.307 e. The van der Waals surface area contributed by atoms with E-state index in [9.17, 15) is 4.79 Å². The van der Waals surface area contributed by atoms with Gasteiger partial charge in [0, 0.05) is 15.7 Å². The van der Waals surface area contributed by atoms with E-state index in [2.05, 4.69) is 6.07 Å². The topological polar surface area (TPSA) is 20.3 Å².